The standard InChI is InChI=1S/C16H8ClF16NO2/c1-36-7-4-2-3-6(5-7)34-8(35)9(18,19)10(20,21)11(22,23)12(24,25)13(26,27)14(28,29)15(30,31)16(17,32)33/h2-5H,1H3,(H,34,35). The summed E-state index contributed by atoms with van der Waals surface area (Å²) in [6.07, 6.45) is 0. The van der Waals surface area contributed by atoms with Gasteiger partial charge in [-0.3, -0.25) is 4.79 Å². The molecule has 0 aliphatic heterocycles. The Balaban J connectivity index is 3.57. The monoisotopic (exact) mass is 585 g/mol. The number of nitrogens with one attached hydrogen (secondary N) is 1. The quantitative estimate of drug-likeness (QED) is 0.239. The van der Waals surface area contributed by atoms with Gasteiger partial charge < -0.3 is 10.1 Å². The van der Waals surface area contributed by atoms with Gasteiger partial charge in [-0.25, -0.2) is 0 Å². The van der Waals surface area contributed by atoms with E-state index in [4.69, 9.17) is 0 Å². The van der Waals surface area contributed by atoms with E-state index < -0.39 is 58.4 Å². The van der Waals surface area contributed by atoms with Crippen molar-refractivity contribution in [3.63, 3.8) is 0 Å². The average molecular weight is 586 g/mol. The Morgan fingerprint density at radius 1 is 0.694 bits per heavy atom. The number of rotatable bonds is 10. The second-order valence-electron chi connectivity index (χ2n) is 6.70. The third-order valence-corrected chi connectivity index (χ3v) is 4.57. The van der Waals surface area contributed by atoms with Crippen LogP contribution in [-0.4, -0.2) is 59.9 Å². The fraction of sp³-hybridized carbons (Fsp3) is 0.562. The Kier molecular flexibility index (Phi) is 7.83. The first kappa shape index (κ1) is 31.7. The highest BCUT2D eigenvalue weighted by Gasteiger charge is 2.95. The van der Waals surface area contributed by atoms with Crippen molar-refractivity contribution in [2.24, 2.45) is 0 Å². The number of carbonyl (C=O) groups is 1. The summed E-state index contributed by atoms with van der Waals surface area (Å²) in [5, 5.41) is -6.07. The highest BCUT2D eigenvalue weighted by atomic mass is 35.5. The molecule has 1 aromatic rings. The molecule has 0 radical (unpaired) electrons. The van der Waals surface area contributed by atoms with Crippen LogP contribution in [0, 0.1) is 0 Å². The molecule has 0 heterocycles. The van der Waals surface area contributed by atoms with E-state index in [-0.39, 0.29) is 5.75 Å². The second kappa shape index (κ2) is 8.90. The predicted octanol–water partition coefficient (Wildman–Crippen LogP) is 6.91. The first-order chi connectivity index (χ1) is 15.7. The average Bonchev–Trinajstić information content (AvgIpc) is 2.72. The molecular weight excluding hydrogens is 578 g/mol. The Hall–Kier alpha value is -2.34. The zero-order valence-electron chi connectivity index (χ0n) is 16.6. The van der Waals surface area contributed by atoms with Gasteiger partial charge in [0.05, 0.1) is 7.11 Å². The Morgan fingerprint density at radius 3 is 1.47 bits per heavy atom. The maximum Gasteiger partial charge on any atom is 0.393 e. The lowest BCUT2D eigenvalue weighted by atomic mass is 9.89. The van der Waals surface area contributed by atoms with Crippen molar-refractivity contribution < 1.29 is 79.8 Å². The summed E-state index contributed by atoms with van der Waals surface area (Å²) in [6, 6.07) is 3.12. The van der Waals surface area contributed by atoms with E-state index in [2.05, 4.69) is 16.3 Å². The number of ether oxygens (including phenoxy) is 1. The maximum absolute atomic E-state index is 13.9. The molecule has 0 atom stereocenters. The zero-order valence-corrected chi connectivity index (χ0v) is 17.3. The number of hydrogen-bond acceptors (Lipinski definition) is 2. The molecule has 0 unspecified atom stereocenters. The van der Waals surface area contributed by atoms with Crippen LogP contribution in [0.25, 0.3) is 0 Å². The summed E-state index contributed by atoms with van der Waals surface area (Å²) < 4.78 is 219. The number of benzene rings is 1. The molecule has 36 heavy (non-hydrogen) atoms. The molecule has 0 fully saturated rings. The number of anilines is 1. The smallest absolute Gasteiger partial charge is 0.393 e. The topological polar surface area (TPSA) is 38.3 Å². The van der Waals surface area contributed by atoms with E-state index in [0.29, 0.717) is 12.1 Å². The van der Waals surface area contributed by atoms with Crippen LogP contribution in [-0.2, 0) is 4.79 Å². The largest absolute Gasteiger partial charge is 0.497 e. The lowest BCUT2D eigenvalue weighted by Crippen LogP contribution is -2.75. The molecular formula is C16H8ClF16NO2. The summed E-state index contributed by atoms with van der Waals surface area (Å²) in [5.41, 5.74) is -0.953. The Labute approximate surface area is 193 Å². The molecule has 3 nitrogen and oxygen atoms in total. The minimum atomic E-state index is -8.64. The minimum absolute atomic E-state index is 0.293. The number of halogens is 17. The molecule has 208 valence electrons. The number of methoxy groups -OCH3 is 1. The van der Waals surface area contributed by atoms with E-state index in [9.17, 15) is 75.0 Å². The van der Waals surface area contributed by atoms with Crippen LogP contribution in [0.15, 0.2) is 24.3 Å². The maximum atomic E-state index is 13.9. The van der Waals surface area contributed by atoms with Gasteiger partial charge in [0.15, 0.2) is 0 Å². The number of amides is 1. The van der Waals surface area contributed by atoms with Gasteiger partial charge in [-0.1, -0.05) is 6.07 Å². The Bertz CT molecular complexity index is 975. The lowest BCUT2D eigenvalue weighted by Gasteiger charge is -2.42. The van der Waals surface area contributed by atoms with Crippen LogP contribution in [0.5, 0.6) is 5.75 Å². The minimum Gasteiger partial charge on any atom is -0.497 e. The summed E-state index contributed by atoms with van der Waals surface area (Å²) in [5.74, 6) is -61.0. The van der Waals surface area contributed by atoms with Crippen molar-refractivity contribution >= 4 is 23.2 Å². The summed E-state index contributed by atoms with van der Waals surface area (Å²) in [4.78, 5) is 11.5. The fourth-order valence-electron chi connectivity index (χ4n) is 2.22. The van der Waals surface area contributed by atoms with Crippen molar-refractivity contribution in [1.29, 1.82) is 0 Å². The van der Waals surface area contributed by atoms with E-state index in [0.717, 1.165) is 24.6 Å². The van der Waals surface area contributed by atoms with E-state index in [1.807, 2.05) is 0 Å². The third kappa shape index (κ3) is 4.36. The molecule has 1 N–H and O–H groups in total. The number of carbonyl (C=O) groups excluding carboxylic acids is 1. The van der Waals surface area contributed by atoms with Gasteiger partial charge in [-0.2, -0.15) is 70.2 Å². The van der Waals surface area contributed by atoms with E-state index in [1.165, 1.54) is 0 Å². The van der Waals surface area contributed by atoms with Gasteiger partial charge in [-0.05, 0) is 23.7 Å². The van der Waals surface area contributed by atoms with Crippen LogP contribution in [0.3, 0.4) is 0 Å². The fourth-order valence-corrected chi connectivity index (χ4v) is 2.34. The normalized spacial score (nSPS) is 15.1. The molecule has 0 saturated heterocycles. The van der Waals surface area contributed by atoms with E-state index >= 15 is 0 Å². The van der Waals surface area contributed by atoms with Crippen LogP contribution >= 0.6 is 11.6 Å². The molecule has 0 bridgehead atoms. The summed E-state index contributed by atoms with van der Waals surface area (Å²) in [7, 11) is 0.950. The number of hydrogen-bond donors (Lipinski definition) is 1. The first-order valence-corrected chi connectivity index (χ1v) is 8.73. The molecule has 0 aromatic heterocycles. The van der Waals surface area contributed by atoms with Gasteiger partial charge >= 0.3 is 52.7 Å². The lowest BCUT2D eigenvalue weighted by molar-refractivity contribution is -0.445. The van der Waals surface area contributed by atoms with Gasteiger partial charge in [0.1, 0.15) is 5.75 Å². The van der Waals surface area contributed by atoms with Crippen molar-refractivity contribution in [3.8, 4) is 5.75 Å². The molecule has 0 saturated carbocycles. The van der Waals surface area contributed by atoms with Gasteiger partial charge in [0.25, 0.3) is 0 Å². The third-order valence-electron chi connectivity index (χ3n) is 4.33. The van der Waals surface area contributed by atoms with Crippen molar-refractivity contribution in [2.45, 2.75) is 46.8 Å². The highest BCUT2D eigenvalue weighted by molar-refractivity contribution is 6.22. The molecule has 1 amide bonds. The summed E-state index contributed by atoms with van der Waals surface area (Å²) in [6.45, 7) is 0. The molecule has 0 spiro atoms. The molecule has 1 aromatic carbocycles. The molecule has 1 rings (SSSR count). The van der Waals surface area contributed by atoms with Crippen LogP contribution < -0.4 is 10.1 Å². The second-order valence-corrected chi connectivity index (χ2v) is 7.18. The highest BCUT2D eigenvalue weighted by Crippen LogP contribution is 2.64. The van der Waals surface area contributed by atoms with Crippen molar-refractivity contribution in [3.05, 3.63) is 24.3 Å². The molecule has 0 aliphatic carbocycles. The van der Waals surface area contributed by atoms with Gasteiger partial charge in [-0.15, -0.1) is 0 Å². The molecule has 0 aliphatic rings. The van der Waals surface area contributed by atoms with Crippen LogP contribution in [0.4, 0.5) is 75.9 Å². The van der Waals surface area contributed by atoms with Gasteiger partial charge in [0.2, 0.25) is 0 Å². The van der Waals surface area contributed by atoms with Crippen LogP contribution in [0.1, 0.15) is 0 Å². The predicted molar refractivity (Wildman–Crippen MR) is 87.1 cm³/mol. The van der Waals surface area contributed by atoms with E-state index in [1.54, 1.807) is 0 Å². The van der Waals surface area contributed by atoms with Crippen molar-refractivity contribution in [1.82, 2.24) is 0 Å². The SMILES string of the molecule is COc1cccc(NC(=O)C(F)(F)C(F)(F)C(F)(F)C(F)(F)C(F)(F)C(F)(F)C(F)(F)C(F)(F)Cl)c1. The first-order valence-electron chi connectivity index (χ1n) is 8.35. The van der Waals surface area contributed by atoms with Gasteiger partial charge in [0, 0.05) is 11.8 Å². The zero-order chi connectivity index (χ0) is 29.0. The van der Waals surface area contributed by atoms with Crippen LogP contribution in [0.2, 0.25) is 0 Å². The number of alkyl halides is 17. The summed E-state index contributed by atoms with van der Waals surface area (Å²) >= 11 is 3.42. The Morgan fingerprint density at radius 2 is 1.08 bits per heavy atom. The molecule has 20 heteroatoms. The van der Waals surface area contributed by atoms with Crippen molar-refractivity contribution in [2.75, 3.05) is 12.4 Å².